The van der Waals surface area contributed by atoms with Crippen LogP contribution in [0.1, 0.15) is 6.42 Å². The van der Waals surface area contributed by atoms with Crippen molar-refractivity contribution in [2.24, 2.45) is 0 Å². The normalized spacial score (nSPS) is 29.9. The molecule has 0 amide bonds. The highest BCUT2D eigenvalue weighted by molar-refractivity contribution is 5.36. The lowest BCUT2D eigenvalue weighted by molar-refractivity contribution is -0.384. The maximum Gasteiger partial charge on any atom is 0.269 e. The second kappa shape index (κ2) is 6.14. The lowest BCUT2D eigenvalue weighted by atomic mass is 10.0. The Morgan fingerprint density at radius 2 is 2.00 bits per heavy atom. The third-order valence-electron chi connectivity index (χ3n) is 3.03. The summed E-state index contributed by atoms with van der Waals surface area (Å²) < 4.78 is 10.7. The van der Waals surface area contributed by atoms with Crippen LogP contribution in [0.2, 0.25) is 0 Å². The Morgan fingerprint density at radius 1 is 1.35 bits per heavy atom. The molecular formula is C12H15NO7. The van der Waals surface area contributed by atoms with Gasteiger partial charge >= 0.3 is 0 Å². The molecule has 1 aromatic rings. The smallest absolute Gasteiger partial charge is 0.269 e. The number of hydrogen-bond acceptors (Lipinski definition) is 7. The fourth-order valence-corrected chi connectivity index (χ4v) is 1.94. The minimum absolute atomic E-state index is 0.0364. The topological polar surface area (TPSA) is 122 Å². The van der Waals surface area contributed by atoms with Gasteiger partial charge in [-0.15, -0.1) is 0 Å². The standard InChI is InChI=1S/C12H15NO7/c14-6-10-12(16)9(15)5-11(20-10)19-8-3-1-7(2-4-8)13(17)18/h1-4,9-12,14-16H,5-6H2/t9-,10?,11-,12+/m1/s1. The van der Waals surface area contributed by atoms with Crippen LogP contribution in [0.4, 0.5) is 5.69 Å². The Bertz CT molecular complexity index is 463. The monoisotopic (exact) mass is 285 g/mol. The van der Waals surface area contributed by atoms with Gasteiger partial charge in [-0.3, -0.25) is 10.1 Å². The summed E-state index contributed by atoms with van der Waals surface area (Å²) >= 11 is 0. The maximum atomic E-state index is 10.5. The summed E-state index contributed by atoms with van der Waals surface area (Å²) in [4.78, 5) is 9.99. The van der Waals surface area contributed by atoms with Crippen LogP contribution in [0.25, 0.3) is 0 Å². The zero-order chi connectivity index (χ0) is 14.7. The average Bonchev–Trinajstić information content (AvgIpc) is 2.43. The van der Waals surface area contributed by atoms with Crippen LogP contribution in [0.5, 0.6) is 5.75 Å². The first kappa shape index (κ1) is 14.7. The van der Waals surface area contributed by atoms with Gasteiger partial charge in [0, 0.05) is 18.6 Å². The van der Waals surface area contributed by atoms with Crippen LogP contribution < -0.4 is 4.74 Å². The number of nitro benzene ring substituents is 1. The Hall–Kier alpha value is -1.74. The third kappa shape index (κ3) is 3.23. The van der Waals surface area contributed by atoms with Crippen molar-refractivity contribution in [3.8, 4) is 5.75 Å². The summed E-state index contributed by atoms with van der Waals surface area (Å²) in [6.07, 6.45) is -3.97. The number of nitrogens with zero attached hydrogens (tertiary/aromatic N) is 1. The summed E-state index contributed by atoms with van der Waals surface area (Å²) in [6, 6.07) is 5.39. The first-order chi connectivity index (χ1) is 9.51. The highest BCUT2D eigenvalue weighted by Gasteiger charge is 2.37. The highest BCUT2D eigenvalue weighted by Crippen LogP contribution is 2.24. The molecule has 1 aromatic carbocycles. The van der Waals surface area contributed by atoms with E-state index < -0.39 is 36.1 Å². The van der Waals surface area contributed by atoms with Crippen LogP contribution in [0, 0.1) is 10.1 Å². The zero-order valence-electron chi connectivity index (χ0n) is 10.5. The maximum absolute atomic E-state index is 10.5. The van der Waals surface area contributed by atoms with Gasteiger partial charge in [0.15, 0.2) is 0 Å². The molecule has 1 fully saturated rings. The minimum Gasteiger partial charge on any atom is -0.465 e. The highest BCUT2D eigenvalue weighted by atomic mass is 16.7. The largest absolute Gasteiger partial charge is 0.465 e. The van der Waals surface area contributed by atoms with Crippen molar-refractivity contribution in [2.45, 2.75) is 31.0 Å². The van der Waals surface area contributed by atoms with Crippen molar-refractivity contribution >= 4 is 5.69 Å². The minimum atomic E-state index is -1.17. The van der Waals surface area contributed by atoms with Crippen molar-refractivity contribution in [3.05, 3.63) is 34.4 Å². The summed E-state index contributed by atoms with van der Waals surface area (Å²) in [5.74, 6) is 0.334. The second-order valence-electron chi connectivity index (χ2n) is 4.45. The fourth-order valence-electron chi connectivity index (χ4n) is 1.94. The molecular weight excluding hydrogens is 270 g/mol. The molecule has 0 aliphatic carbocycles. The Balaban J connectivity index is 2.00. The molecule has 4 atom stereocenters. The quantitative estimate of drug-likeness (QED) is 0.517. The van der Waals surface area contributed by atoms with Crippen molar-refractivity contribution in [3.63, 3.8) is 0 Å². The molecule has 1 aliphatic heterocycles. The van der Waals surface area contributed by atoms with E-state index in [4.69, 9.17) is 14.6 Å². The predicted octanol–water partition coefficient (Wildman–Crippen LogP) is -0.197. The molecule has 20 heavy (non-hydrogen) atoms. The number of nitro groups is 1. The fraction of sp³-hybridized carbons (Fsp3) is 0.500. The number of hydrogen-bond donors (Lipinski definition) is 3. The summed E-state index contributed by atoms with van der Waals surface area (Å²) in [7, 11) is 0. The molecule has 8 heteroatoms. The predicted molar refractivity (Wildman–Crippen MR) is 66.1 cm³/mol. The molecule has 110 valence electrons. The van der Waals surface area contributed by atoms with E-state index in [2.05, 4.69) is 0 Å². The first-order valence-corrected chi connectivity index (χ1v) is 6.05. The van der Waals surface area contributed by atoms with Gasteiger partial charge in [0.2, 0.25) is 6.29 Å². The number of ether oxygens (including phenoxy) is 2. The number of rotatable bonds is 4. The molecule has 1 aliphatic rings. The van der Waals surface area contributed by atoms with Gasteiger partial charge in [-0.25, -0.2) is 0 Å². The molecule has 0 aromatic heterocycles. The number of benzene rings is 1. The van der Waals surface area contributed by atoms with Crippen molar-refractivity contribution in [1.82, 2.24) is 0 Å². The van der Waals surface area contributed by atoms with E-state index >= 15 is 0 Å². The summed E-state index contributed by atoms with van der Waals surface area (Å²) in [5.41, 5.74) is -0.0643. The molecule has 2 rings (SSSR count). The van der Waals surface area contributed by atoms with Gasteiger partial charge in [-0.1, -0.05) is 0 Å². The number of aliphatic hydroxyl groups excluding tert-OH is 3. The van der Waals surface area contributed by atoms with E-state index in [-0.39, 0.29) is 12.1 Å². The molecule has 0 radical (unpaired) electrons. The lowest BCUT2D eigenvalue weighted by Gasteiger charge is -2.36. The van der Waals surface area contributed by atoms with Gasteiger partial charge in [0.1, 0.15) is 18.0 Å². The van der Waals surface area contributed by atoms with E-state index in [9.17, 15) is 20.3 Å². The van der Waals surface area contributed by atoms with Gasteiger partial charge < -0.3 is 24.8 Å². The van der Waals surface area contributed by atoms with E-state index in [1.165, 1.54) is 24.3 Å². The molecule has 3 N–H and O–H groups in total. The van der Waals surface area contributed by atoms with Gasteiger partial charge in [0.05, 0.1) is 17.6 Å². The number of non-ortho nitro benzene ring substituents is 1. The van der Waals surface area contributed by atoms with Crippen molar-refractivity contribution in [2.75, 3.05) is 6.61 Å². The van der Waals surface area contributed by atoms with Crippen molar-refractivity contribution < 1.29 is 29.7 Å². The molecule has 1 saturated heterocycles. The Labute approximate surface area is 114 Å². The Kier molecular flexibility index (Phi) is 4.50. The van der Waals surface area contributed by atoms with Crippen LogP contribution >= 0.6 is 0 Å². The van der Waals surface area contributed by atoms with Crippen molar-refractivity contribution in [1.29, 1.82) is 0 Å². The first-order valence-electron chi connectivity index (χ1n) is 6.05. The Morgan fingerprint density at radius 3 is 2.55 bits per heavy atom. The third-order valence-corrected chi connectivity index (χ3v) is 3.03. The van der Waals surface area contributed by atoms with E-state index in [0.29, 0.717) is 5.75 Å². The molecule has 1 unspecified atom stereocenters. The van der Waals surface area contributed by atoms with Crippen LogP contribution in [-0.4, -0.2) is 51.5 Å². The van der Waals surface area contributed by atoms with E-state index in [1.807, 2.05) is 0 Å². The average molecular weight is 285 g/mol. The van der Waals surface area contributed by atoms with E-state index in [0.717, 1.165) is 0 Å². The van der Waals surface area contributed by atoms with Gasteiger partial charge in [-0.05, 0) is 12.1 Å². The van der Waals surface area contributed by atoms with Gasteiger partial charge in [0.25, 0.3) is 5.69 Å². The second-order valence-corrected chi connectivity index (χ2v) is 4.45. The summed E-state index contributed by atoms with van der Waals surface area (Å²) in [6.45, 7) is -0.446. The molecule has 0 bridgehead atoms. The zero-order valence-corrected chi connectivity index (χ0v) is 10.5. The van der Waals surface area contributed by atoms with Crippen LogP contribution in [0.3, 0.4) is 0 Å². The SMILES string of the molecule is O=[N+]([O-])c1ccc(O[C@H]2C[C@@H](O)[C@H](O)C(CO)O2)cc1. The summed E-state index contributed by atoms with van der Waals surface area (Å²) in [5, 5.41) is 38.7. The molecule has 0 saturated carbocycles. The van der Waals surface area contributed by atoms with Crippen LogP contribution in [0.15, 0.2) is 24.3 Å². The molecule has 0 spiro atoms. The lowest BCUT2D eigenvalue weighted by Crippen LogP contribution is -2.51. The number of aliphatic hydroxyl groups is 3. The van der Waals surface area contributed by atoms with Gasteiger partial charge in [-0.2, -0.15) is 0 Å². The van der Waals surface area contributed by atoms with E-state index in [1.54, 1.807) is 0 Å². The molecule has 8 nitrogen and oxygen atoms in total. The molecule has 1 heterocycles. The van der Waals surface area contributed by atoms with Crippen LogP contribution in [-0.2, 0) is 4.74 Å².